The number of carboxylic acids is 1. The van der Waals surface area contributed by atoms with Gasteiger partial charge in [-0.25, -0.2) is 4.39 Å². The molecule has 3 aromatic rings. The van der Waals surface area contributed by atoms with Gasteiger partial charge >= 0.3 is 18.9 Å². The van der Waals surface area contributed by atoms with Crippen LogP contribution in [0, 0.1) is 5.82 Å². The van der Waals surface area contributed by atoms with Crippen LogP contribution in [-0.2, 0) is 9.59 Å². The number of thiophene rings is 1. The van der Waals surface area contributed by atoms with E-state index in [9.17, 15) is 28.7 Å². The van der Waals surface area contributed by atoms with E-state index in [-0.39, 0.29) is 43.2 Å². The van der Waals surface area contributed by atoms with Gasteiger partial charge in [-0.05, 0) is 30.7 Å². The van der Waals surface area contributed by atoms with Gasteiger partial charge in [-0.1, -0.05) is 11.6 Å². The first-order valence-corrected chi connectivity index (χ1v) is 11.5. The Morgan fingerprint density at radius 3 is 2.67 bits per heavy atom. The van der Waals surface area contributed by atoms with Gasteiger partial charge in [-0.15, -0.1) is 11.3 Å². The molecule has 3 heterocycles. The Morgan fingerprint density at radius 2 is 2.03 bits per heavy atom. The van der Waals surface area contributed by atoms with E-state index in [1.165, 1.54) is 34.0 Å². The number of nitrogens with zero attached hydrogens (tertiary/aromatic N) is 3. The van der Waals surface area contributed by atoms with Crippen molar-refractivity contribution in [3.8, 4) is 5.69 Å². The molecule has 1 aromatic carbocycles. The van der Waals surface area contributed by atoms with Crippen LogP contribution >= 0.6 is 22.9 Å². The van der Waals surface area contributed by atoms with Crippen molar-refractivity contribution in [2.24, 2.45) is 0 Å². The Bertz CT molecular complexity index is 1350. The topological polar surface area (TPSA) is 136 Å². The van der Waals surface area contributed by atoms with Crippen LogP contribution in [0.15, 0.2) is 53.7 Å². The summed E-state index contributed by atoms with van der Waals surface area (Å²) in [5, 5.41) is 16.4. The van der Waals surface area contributed by atoms with Crippen LogP contribution in [0.1, 0.15) is 16.1 Å². The maximum absolute atomic E-state index is 14.7. The third kappa shape index (κ3) is 6.40. The number of carboxylic acid groups (broad SMARTS) is 1. The second kappa shape index (κ2) is 11.8. The summed E-state index contributed by atoms with van der Waals surface area (Å²) in [4.78, 5) is 53.9. The number of amides is 2. The first-order valence-electron chi connectivity index (χ1n) is 10.3. The molecule has 0 unspecified atom stereocenters. The van der Waals surface area contributed by atoms with Gasteiger partial charge in [0.05, 0.1) is 38.8 Å². The molecule has 1 saturated heterocycles. The summed E-state index contributed by atoms with van der Waals surface area (Å²) in [5.41, 5.74) is -0.357. The third-order valence-electron chi connectivity index (χ3n) is 5.38. The van der Waals surface area contributed by atoms with Crippen LogP contribution in [0.2, 0.25) is 4.34 Å². The van der Waals surface area contributed by atoms with Gasteiger partial charge in [0.1, 0.15) is 5.82 Å². The van der Waals surface area contributed by atoms with E-state index in [2.05, 4.69) is 15.6 Å². The molecule has 0 aliphatic carbocycles. The van der Waals surface area contributed by atoms with E-state index < -0.39 is 47.8 Å². The van der Waals surface area contributed by atoms with E-state index in [4.69, 9.17) is 11.6 Å². The SMILES string of the molecule is O=C([O-])CN1C[C@@H](NC(=O)c2ccc(Cl)s2)C[C@H]1C(=O)Nc1ccc(-n2ccncc2=O)cc1F.[Li+]. The van der Waals surface area contributed by atoms with Crippen LogP contribution in [0.25, 0.3) is 5.69 Å². The van der Waals surface area contributed by atoms with Gasteiger partial charge in [0.15, 0.2) is 0 Å². The molecule has 2 N–H and O–H groups in total. The minimum Gasteiger partial charge on any atom is -0.549 e. The number of nitrogens with one attached hydrogen (secondary N) is 2. The van der Waals surface area contributed by atoms with E-state index >= 15 is 0 Å². The van der Waals surface area contributed by atoms with Crippen molar-refractivity contribution in [3.63, 3.8) is 0 Å². The Kier molecular flexibility index (Phi) is 9.05. The van der Waals surface area contributed by atoms with Crippen molar-refractivity contribution >= 4 is 46.4 Å². The molecule has 1 aliphatic rings. The fraction of sp³-hybridized carbons (Fsp3) is 0.227. The zero-order valence-corrected chi connectivity index (χ0v) is 20.5. The molecule has 1 fully saturated rings. The number of benzene rings is 1. The summed E-state index contributed by atoms with van der Waals surface area (Å²) < 4.78 is 16.4. The van der Waals surface area contributed by atoms with Gasteiger partial charge in [0.2, 0.25) is 5.91 Å². The van der Waals surface area contributed by atoms with Crippen LogP contribution in [0.5, 0.6) is 0 Å². The van der Waals surface area contributed by atoms with Gasteiger partial charge in [0.25, 0.3) is 11.5 Å². The Balaban J connectivity index is 0.00000361. The molecule has 36 heavy (non-hydrogen) atoms. The number of aliphatic carboxylic acids is 1. The van der Waals surface area contributed by atoms with Crippen LogP contribution in [-0.4, -0.2) is 57.4 Å². The fourth-order valence-electron chi connectivity index (χ4n) is 3.85. The number of hydrogen-bond donors (Lipinski definition) is 2. The molecule has 182 valence electrons. The monoisotopic (exact) mass is 525 g/mol. The number of rotatable bonds is 7. The maximum atomic E-state index is 14.7. The first-order chi connectivity index (χ1) is 16.7. The van der Waals surface area contributed by atoms with Crippen molar-refractivity contribution in [3.05, 3.63) is 74.3 Å². The quantitative estimate of drug-likeness (QED) is 0.330. The smallest absolute Gasteiger partial charge is 0.549 e. The van der Waals surface area contributed by atoms with E-state index in [1.807, 2.05) is 0 Å². The predicted octanol–water partition coefficient (Wildman–Crippen LogP) is -2.35. The predicted molar refractivity (Wildman–Crippen MR) is 124 cm³/mol. The van der Waals surface area contributed by atoms with Crippen LogP contribution in [0.4, 0.5) is 10.1 Å². The van der Waals surface area contributed by atoms with Crippen molar-refractivity contribution < 1.29 is 42.7 Å². The zero-order chi connectivity index (χ0) is 25.1. The van der Waals surface area contributed by atoms with Crippen molar-refractivity contribution in [2.45, 2.75) is 18.5 Å². The van der Waals surface area contributed by atoms with E-state index in [0.717, 1.165) is 23.6 Å². The number of halogens is 2. The molecule has 0 radical (unpaired) electrons. The Labute approximate surface area is 225 Å². The summed E-state index contributed by atoms with van der Waals surface area (Å²) in [6, 6.07) is 5.50. The standard InChI is InChI=1S/C22H19ClFN5O5S.Li/c23-18-4-3-17(35-18)22(34)26-12-7-16(28(10-12)11-20(31)32)21(33)27-15-2-1-13(8-14(15)24)29-6-5-25-9-19(29)30;/h1-6,8-9,12,16H,7,10-11H2,(H,26,34)(H,27,33)(H,31,32);/q;+1/p-1/t12-,16-;/m0./s1. The van der Waals surface area contributed by atoms with Crippen molar-refractivity contribution in [1.82, 2.24) is 19.8 Å². The molecule has 10 nitrogen and oxygen atoms in total. The van der Waals surface area contributed by atoms with Crippen molar-refractivity contribution in [2.75, 3.05) is 18.4 Å². The molecular formula is C22H18ClFLiN5O5S. The van der Waals surface area contributed by atoms with Gasteiger partial charge in [-0.3, -0.25) is 28.8 Å². The number of anilines is 1. The molecule has 2 aromatic heterocycles. The zero-order valence-electron chi connectivity index (χ0n) is 18.9. The molecule has 14 heteroatoms. The largest absolute Gasteiger partial charge is 1.00 e. The van der Waals surface area contributed by atoms with Gasteiger partial charge in [0, 0.05) is 37.6 Å². The summed E-state index contributed by atoms with van der Waals surface area (Å²) in [5.74, 6) is -3.22. The fourth-order valence-corrected chi connectivity index (χ4v) is 4.79. The van der Waals surface area contributed by atoms with Crippen LogP contribution in [0.3, 0.4) is 0 Å². The van der Waals surface area contributed by atoms with E-state index in [0.29, 0.717) is 9.21 Å². The number of carbonyl (C=O) groups excluding carboxylic acids is 3. The summed E-state index contributed by atoms with van der Waals surface area (Å²) >= 11 is 6.95. The molecule has 0 spiro atoms. The normalized spacial score (nSPS) is 17.3. The molecular weight excluding hydrogens is 508 g/mol. The summed E-state index contributed by atoms with van der Waals surface area (Å²) in [6.07, 6.45) is 3.95. The molecule has 4 rings (SSSR count). The number of carbonyl (C=O) groups is 3. The van der Waals surface area contributed by atoms with Crippen LogP contribution < -0.4 is 40.2 Å². The van der Waals surface area contributed by atoms with Gasteiger partial charge in [-0.2, -0.15) is 0 Å². The summed E-state index contributed by atoms with van der Waals surface area (Å²) in [6.45, 7) is -0.453. The molecule has 2 amide bonds. The van der Waals surface area contributed by atoms with E-state index in [1.54, 1.807) is 12.1 Å². The van der Waals surface area contributed by atoms with Crippen molar-refractivity contribution in [1.29, 1.82) is 0 Å². The third-order valence-corrected chi connectivity index (χ3v) is 6.61. The molecule has 0 saturated carbocycles. The second-order valence-corrected chi connectivity index (χ2v) is 9.48. The molecule has 1 aliphatic heterocycles. The minimum atomic E-state index is -1.39. The molecule has 0 bridgehead atoms. The Morgan fingerprint density at radius 1 is 1.25 bits per heavy atom. The number of hydrogen-bond acceptors (Lipinski definition) is 8. The number of aromatic nitrogens is 2. The average molecular weight is 526 g/mol. The first kappa shape index (κ1) is 27.6. The summed E-state index contributed by atoms with van der Waals surface area (Å²) in [7, 11) is 0. The number of likely N-dealkylation sites (tertiary alicyclic amines) is 1. The minimum absolute atomic E-state index is 0. The Hall–Kier alpha value is -3.01. The van der Waals surface area contributed by atoms with Gasteiger partial charge < -0.3 is 20.5 Å². The average Bonchev–Trinajstić information content (AvgIpc) is 3.41. The maximum Gasteiger partial charge on any atom is 1.00 e. The second-order valence-electron chi connectivity index (χ2n) is 7.77. The molecule has 2 atom stereocenters.